The maximum absolute atomic E-state index is 12.5. The third-order valence-electron chi connectivity index (χ3n) is 5.01. The van der Waals surface area contributed by atoms with Crippen molar-refractivity contribution in [3.8, 4) is 11.1 Å². The Morgan fingerprint density at radius 3 is 2.58 bits per heavy atom. The minimum atomic E-state index is -0.628. The first-order valence-corrected chi connectivity index (χ1v) is 10.6. The Hall–Kier alpha value is -4.07. The molecule has 1 amide bonds. The van der Waals surface area contributed by atoms with E-state index in [2.05, 4.69) is 15.3 Å². The molecule has 0 saturated carbocycles. The molecule has 0 spiro atoms. The number of anilines is 1. The van der Waals surface area contributed by atoms with E-state index in [0.29, 0.717) is 33.1 Å². The number of amides is 1. The van der Waals surface area contributed by atoms with Crippen LogP contribution >= 0.6 is 0 Å². The minimum Gasteiger partial charge on any atom is -0.462 e. The first-order valence-electron chi connectivity index (χ1n) is 10.6. The number of ether oxygens (including phenoxy) is 2. The second-order valence-corrected chi connectivity index (χ2v) is 8.56. The fourth-order valence-electron chi connectivity index (χ4n) is 3.72. The molecule has 0 radical (unpaired) electrons. The van der Waals surface area contributed by atoms with Gasteiger partial charge in [0.2, 0.25) is 0 Å². The molecule has 0 atom stereocenters. The number of aromatic amines is 2. The van der Waals surface area contributed by atoms with Crippen molar-refractivity contribution >= 4 is 39.6 Å². The van der Waals surface area contributed by atoms with E-state index in [0.717, 1.165) is 11.1 Å². The first-order chi connectivity index (χ1) is 15.7. The molecule has 3 N–H and O–H groups in total. The predicted octanol–water partition coefficient (Wildman–Crippen LogP) is 5.20. The van der Waals surface area contributed by atoms with E-state index < -0.39 is 17.7 Å². The van der Waals surface area contributed by atoms with Gasteiger partial charge >= 0.3 is 12.1 Å². The summed E-state index contributed by atoms with van der Waals surface area (Å²) in [5, 5.41) is 3.97. The summed E-state index contributed by atoms with van der Waals surface area (Å²) < 4.78 is 10.6. The van der Waals surface area contributed by atoms with Crippen molar-refractivity contribution in [3.63, 3.8) is 0 Å². The van der Waals surface area contributed by atoms with Crippen LogP contribution in [0.3, 0.4) is 0 Å². The van der Waals surface area contributed by atoms with E-state index in [9.17, 15) is 14.4 Å². The van der Waals surface area contributed by atoms with Gasteiger partial charge in [-0.25, -0.2) is 9.59 Å². The number of pyridine rings is 1. The van der Waals surface area contributed by atoms with Gasteiger partial charge in [0, 0.05) is 28.0 Å². The van der Waals surface area contributed by atoms with Gasteiger partial charge in [-0.05, 0) is 51.5 Å². The van der Waals surface area contributed by atoms with Gasteiger partial charge in [0.1, 0.15) is 11.1 Å². The van der Waals surface area contributed by atoms with Crippen LogP contribution in [0.15, 0.2) is 53.5 Å². The lowest BCUT2D eigenvalue weighted by Gasteiger charge is -2.20. The third kappa shape index (κ3) is 4.45. The Morgan fingerprint density at radius 2 is 1.85 bits per heavy atom. The number of hydrogen-bond acceptors (Lipinski definition) is 5. The minimum absolute atomic E-state index is 0.224. The summed E-state index contributed by atoms with van der Waals surface area (Å²) in [7, 11) is 0. The Labute approximate surface area is 189 Å². The zero-order valence-electron chi connectivity index (χ0n) is 18.9. The molecule has 0 aliphatic heterocycles. The average molecular weight is 447 g/mol. The summed E-state index contributed by atoms with van der Waals surface area (Å²) in [5.41, 5.74) is 2.34. The van der Waals surface area contributed by atoms with E-state index >= 15 is 0 Å². The van der Waals surface area contributed by atoms with Gasteiger partial charge in [-0.3, -0.25) is 10.1 Å². The second-order valence-electron chi connectivity index (χ2n) is 8.56. The normalized spacial score (nSPS) is 11.5. The molecule has 4 rings (SSSR count). The maximum Gasteiger partial charge on any atom is 0.412 e. The molecule has 0 saturated heterocycles. The molecule has 0 aliphatic rings. The maximum atomic E-state index is 12.5. The Morgan fingerprint density at radius 1 is 1.09 bits per heavy atom. The predicted molar refractivity (Wildman–Crippen MR) is 128 cm³/mol. The quantitative estimate of drug-likeness (QED) is 0.372. The summed E-state index contributed by atoms with van der Waals surface area (Å²) in [4.78, 5) is 43.1. The topological polar surface area (TPSA) is 113 Å². The fraction of sp³-hybridized carbons (Fsp3) is 0.240. The molecule has 4 aromatic rings. The van der Waals surface area contributed by atoms with Gasteiger partial charge < -0.3 is 19.4 Å². The summed E-state index contributed by atoms with van der Waals surface area (Å²) in [6.45, 7) is 7.34. The van der Waals surface area contributed by atoms with Gasteiger partial charge in [0.25, 0.3) is 5.56 Å². The van der Waals surface area contributed by atoms with Gasteiger partial charge in [0.15, 0.2) is 0 Å². The smallest absolute Gasteiger partial charge is 0.412 e. The fourth-order valence-corrected chi connectivity index (χ4v) is 3.72. The van der Waals surface area contributed by atoms with Crippen molar-refractivity contribution in [2.24, 2.45) is 0 Å². The molecule has 8 nitrogen and oxygen atoms in total. The van der Waals surface area contributed by atoms with Crippen LogP contribution in [0.4, 0.5) is 10.5 Å². The van der Waals surface area contributed by atoms with Crippen molar-refractivity contribution in [3.05, 3.63) is 64.6 Å². The monoisotopic (exact) mass is 447 g/mol. The average Bonchev–Trinajstić information content (AvgIpc) is 3.19. The lowest BCUT2D eigenvalue weighted by Crippen LogP contribution is -2.27. The molecule has 0 unspecified atom stereocenters. The number of aromatic nitrogens is 2. The molecular weight excluding hydrogens is 422 g/mol. The van der Waals surface area contributed by atoms with Crippen LogP contribution in [0.5, 0.6) is 0 Å². The van der Waals surface area contributed by atoms with Crippen LogP contribution in [0.2, 0.25) is 0 Å². The molecule has 0 bridgehead atoms. The van der Waals surface area contributed by atoms with Crippen LogP contribution in [-0.4, -0.2) is 34.2 Å². The lowest BCUT2D eigenvalue weighted by atomic mass is 9.99. The van der Waals surface area contributed by atoms with Crippen LogP contribution in [0.25, 0.3) is 32.9 Å². The number of nitrogens with one attached hydrogen (secondary N) is 3. The highest BCUT2D eigenvalue weighted by molar-refractivity contribution is 6.15. The SMILES string of the molecule is CCOC(=O)c1c[nH]c2c(=O)[nH]c3ccc(-c4ccccc4NC(=O)OC(C)(C)C)cc3c12. The number of carbonyl (C=O) groups is 2. The van der Waals surface area contributed by atoms with Crippen LogP contribution in [0.1, 0.15) is 38.1 Å². The van der Waals surface area contributed by atoms with Crippen LogP contribution in [0, 0.1) is 0 Å². The van der Waals surface area contributed by atoms with Crippen molar-refractivity contribution in [1.29, 1.82) is 0 Å². The summed E-state index contributed by atoms with van der Waals surface area (Å²) in [6, 6.07) is 12.8. The van der Waals surface area contributed by atoms with Gasteiger partial charge in [-0.15, -0.1) is 0 Å². The van der Waals surface area contributed by atoms with Gasteiger partial charge in [0.05, 0.1) is 17.9 Å². The van der Waals surface area contributed by atoms with Crippen LogP contribution in [-0.2, 0) is 9.47 Å². The molecule has 2 aromatic heterocycles. The highest BCUT2D eigenvalue weighted by Gasteiger charge is 2.20. The Bertz CT molecular complexity index is 1430. The number of esters is 1. The highest BCUT2D eigenvalue weighted by atomic mass is 16.6. The summed E-state index contributed by atoms with van der Waals surface area (Å²) >= 11 is 0. The number of H-pyrrole nitrogens is 2. The standard InChI is InChI=1S/C25H25N3O5/c1-5-32-23(30)17-13-26-21-20(17)16-12-14(10-11-19(16)27-22(21)29)15-8-6-7-9-18(15)28-24(31)33-25(2,3)4/h6-13,26H,5H2,1-4H3,(H,27,29)(H,28,31). The molecule has 2 aromatic carbocycles. The molecule has 8 heteroatoms. The first kappa shape index (κ1) is 22.1. The van der Waals surface area contributed by atoms with E-state index in [-0.39, 0.29) is 12.2 Å². The highest BCUT2D eigenvalue weighted by Crippen LogP contribution is 2.33. The van der Waals surface area contributed by atoms with Gasteiger partial charge in [-0.1, -0.05) is 24.3 Å². The zero-order valence-corrected chi connectivity index (χ0v) is 18.9. The number of hydrogen-bond donors (Lipinski definition) is 3. The van der Waals surface area contributed by atoms with Gasteiger partial charge in [-0.2, -0.15) is 0 Å². The lowest BCUT2D eigenvalue weighted by molar-refractivity contribution is 0.0528. The van der Waals surface area contributed by atoms with Crippen molar-refractivity contribution < 1.29 is 19.1 Å². The zero-order chi connectivity index (χ0) is 23.8. The van der Waals surface area contributed by atoms with Crippen molar-refractivity contribution in [1.82, 2.24) is 9.97 Å². The van der Waals surface area contributed by atoms with Crippen molar-refractivity contribution in [2.75, 3.05) is 11.9 Å². The van der Waals surface area contributed by atoms with E-state index in [1.54, 1.807) is 39.8 Å². The number of para-hydroxylation sites is 1. The molecule has 33 heavy (non-hydrogen) atoms. The van der Waals surface area contributed by atoms with Crippen LogP contribution < -0.4 is 10.9 Å². The van der Waals surface area contributed by atoms with Crippen molar-refractivity contribution in [2.45, 2.75) is 33.3 Å². The van der Waals surface area contributed by atoms with E-state index in [4.69, 9.17) is 9.47 Å². The molecular formula is C25H25N3O5. The third-order valence-corrected chi connectivity index (χ3v) is 5.01. The number of carbonyl (C=O) groups excluding carboxylic acids is 2. The molecule has 2 heterocycles. The second kappa shape index (κ2) is 8.46. The Balaban J connectivity index is 1.86. The van der Waals surface area contributed by atoms with E-state index in [1.807, 2.05) is 30.3 Å². The largest absolute Gasteiger partial charge is 0.462 e. The number of benzene rings is 2. The number of rotatable bonds is 4. The number of fused-ring (bicyclic) bond motifs is 3. The Kier molecular flexibility index (Phi) is 5.68. The molecule has 170 valence electrons. The molecule has 0 aliphatic carbocycles. The van der Waals surface area contributed by atoms with E-state index in [1.165, 1.54) is 6.20 Å². The summed E-state index contributed by atoms with van der Waals surface area (Å²) in [5.74, 6) is -0.506. The molecule has 0 fully saturated rings. The summed E-state index contributed by atoms with van der Waals surface area (Å²) in [6.07, 6.45) is 0.930.